The van der Waals surface area contributed by atoms with Crippen LogP contribution in [-0.4, -0.2) is 28.1 Å². The summed E-state index contributed by atoms with van der Waals surface area (Å²) in [7, 11) is 0. The maximum Gasteiger partial charge on any atom is 0.251 e. The Morgan fingerprint density at radius 1 is 1.32 bits per heavy atom. The monoisotopic (exact) mass is 274 g/mol. The van der Waals surface area contributed by atoms with Gasteiger partial charge in [0.05, 0.1) is 12.3 Å². The molecule has 1 aliphatic rings. The van der Waals surface area contributed by atoms with Crippen LogP contribution in [0.4, 0.5) is 0 Å². The van der Waals surface area contributed by atoms with Crippen molar-refractivity contribution >= 4 is 11.8 Å². The van der Waals surface area contributed by atoms with Gasteiger partial charge in [0.2, 0.25) is 0 Å². The molecule has 1 saturated heterocycles. The maximum atomic E-state index is 11.8. The van der Waals surface area contributed by atoms with E-state index in [0.29, 0.717) is 18.1 Å². The predicted octanol–water partition coefficient (Wildman–Crippen LogP) is 2.24. The Bertz CT molecular complexity index is 606. The first kappa shape index (κ1) is 12.4. The molecule has 2 heterocycles. The molecule has 1 N–H and O–H groups in total. The average molecular weight is 274 g/mol. The Hall–Kier alpha value is -1.59. The number of H-pyrrole nitrogens is 1. The number of benzene rings is 1. The second-order valence-electron chi connectivity index (χ2n) is 4.32. The highest BCUT2D eigenvalue weighted by atomic mass is 32.2. The van der Waals surface area contributed by atoms with Gasteiger partial charge in [0.1, 0.15) is 11.9 Å². The average Bonchev–Trinajstić information content (AvgIpc) is 2.48. The Morgan fingerprint density at radius 2 is 2.16 bits per heavy atom. The minimum absolute atomic E-state index is 0.116. The zero-order valence-corrected chi connectivity index (χ0v) is 11.2. The molecule has 2 aromatic rings. The molecule has 0 radical (unpaired) electrons. The number of hydrogen-bond acceptors (Lipinski definition) is 4. The van der Waals surface area contributed by atoms with Crippen molar-refractivity contribution in [1.82, 2.24) is 9.97 Å². The van der Waals surface area contributed by atoms with Crippen molar-refractivity contribution in [2.24, 2.45) is 0 Å². The van der Waals surface area contributed by atoms with Gasteiger partial charge in [-0.15, -0.1) is 0 Å². The Morgan fingerprint density at radius 3 is 2.89 bits per heavy atom. The molecule has 0 amide bonds. The number of nitrogens with one attached hydrogen (secondary N) is 1. The summed E-state index contributed by atoms with van der Waals surface area (Å²) < 4.78 is 5.66. The lowest BCUT2D eigenvalue weighted by molar-refractivity contribution is 0.0693. The Labute approximate surface area is 115 Å². The van der Waals surface area contributed by atoms with Gasteiger partial charge in [0.25, 0.3) is 5.56 Å². The fraction of sp³-hybridized carbons (Fsp3) is 0.286. The minimum atomic E-state index is -0.136. The van der Waals surface area contributed by atoms with E-state index in [9.17, 15) is 4.79 Å². The molecule has 3 rings (SSSR count). The number of thioether (sulfide) groups is 1. The first-order valence-electron chi connectivity index (χ1n) is 6.19. The Kier molecular flexibility index (Phi) is 3.66. The van der Waals surface area contributed by atoms with Crippen LogP contribution in [0.1, 0.15) is 11.9 Å². The molecule has 1 unspecified atom stereocenters. The van der Waals surface area contributed by atoms with Gasteiger partial charge in [-0.3, -0.25) is 4.79 Å². The molecule has 0 spiro atoms. The lowest BCUT2D eigenvalue weighted by Crippen LogP contribution is -2.21. The topological polar surface area (TPSA) is 55.0 Å². The molecule has 1 aromatic carbocycles. The zero-order chi connectivity index (χ0) is 13.1. The fourth-order valence-electron chi connectivity index (χ4n) is 2.03. The summed E-state index contributed by atoms with van der Waals surface area (Å²) in [5, 5.41) is 0. The molecule has 0 bridgehead atoms. The lowest BCUT2D eigenvalue weighted by Gasteiger charge is -2.21. The standard InChI is InChI=1S/C14H14N2O2S/c17-13-8-11(10-4-2-1-3-5-10)15-14(16-13)12-9-19-7-6-18-12/h1-5,8,12H,6-7,9H2,(H,15,16,17). The first-order chi connectivity index (χ1) is 9.33. The van der Waals surface area contributed by atoms with E-state index in [1.54, 1.807) is 0 Å². The van der Waals surface area contributed by atoms with E-state index >= 15 is 0 Å². The van der Waals surface area contributed by atoms with Crippen molar-refractivity contribution < 1.29 is 4.74 Å². The molecule has 1 aromatic heterocycles. The van der Waals surface area contributed by atoms with Crippen LogP contribution < -0.4 is 5.56 Å². The third kappa shape index (κ3) is 2.88. The number of aromatic nitrogens is 2. The largest absolute Gasteiger partial charge is 0.369 e. The summed E-state index contributed by atoms with van der Waals surface area (Å²) in [4.78, 5) is 19.1. The Balaban J connectivity index is 1.98. The molecule has 1 atom stereocenters. The predicted molar refractivity (Wildman–Crippen MR) is 76.3 cm³/mol. The lowest BCUT2D eigenvalue weighted by atomic mass is 10.1. The number of aromatic amines is 1. The van der Waals surface area contributed by atoms with Crippen molar-refractivity contribution in [3.63, 3.8) is 0 Å². The summed E-state index contributed by atoms with van der Waals surface area (Å²) in [5.41, 5.74) is 1.50. The molecule has 0 aliphatic carbocycles. The number of rotatable bonds is 2. The van der Waals surface area contributed by atoms with Crippen molar-refractivity contribution in [2.75, 3.05) is 18.1 Å². The molecule has 4 nitrogen and oxygen atoms in total. The summed E-state index contributed by atoms with van der Waals surface area (Å²) >= 11 is 1.82. The van der Waals surface area contributed by atoms with Crippen LogP contribution in [0.2, 0.25) is 0 Å². The van der Waals surface area contributed by atoms with Crippen molar-refractivity contribution in [3.05, 3.63) is 52.6 Å². The molecule has 1 fully saturated rings. The van der Waals surface area contributed by atoms with Crippen LogP contribution in [0.3, 0.4) is 0 Å². The highest BCUT2D eigenvalue weighted by molar-refractivity contribution is 7.99. The molecule has 5 heteroatoms. The van der Waals surface area contributed by atoms with Crippen LogP contribution in [0.15, 0.2) is 41.2 Å². The number of ether oxygens (including phenoxy) is 1. The van der Waals surface area contributed by atoms with E-state index in [4.69, 9.17) is 4.74 Å². The van der Waals surface area contributed by atoms with Gasteiger partial charge in [0.15, 0.2) is 0 Å². The van der Waals surface area contributed by atoms with E-state index in [0.717, 1.165) is 17.1 Å². The molecule has 98 valence electrons. The third-order valence-electron chi connectivity index (χ3n) is 2.95. The van der Waals surface area contributed by atoms with Crippen LogP contribution >= 0.6 is 11.8 Å². The van der Waals surface area contributed by atoms with Crippen LogP contribution in [-0.2, 0) is 4.74 Å². The highest BCUT2D eigenvalue weighted by Crippen LogP contribution is 2.24. The van der Waals surface area contributed by atoms with E-state index in [1.807, 2.05) is 42.1 Å². The zero-order valence-electron chi connectivity index (χ0n) is 10.3. The van der Waals surface area contributed by atoms with Gasteiger partial charge in [-0.25, -0.2) is 4.98 Å². The van der Waals surface area contributed by atoms with Crippen molar-refractivity contribution in [3.8, 4) is 11.3 Å². The first-order valence-corrected chi connectivity index (χ1v) is 7.34. The quantitative estimate of drug-likeness (QED) is 0.912. The summed E-state index contributed by atoms with van der Waals surface area (Å²) in [6.45, 7) is 0.703. The second-order valence-corrected chi connectivity index (χ2v) is 5.47. The highest BCUT2D eigenvalue weighted by Gasteiger charge is 2.19. The second kappa shape index (κ2) is 5.59. The molecule has 0 saturated carbocycles. The summed E-state index contributed by atoms with van der Waals surface area (Å²) in [6, 6.07) is 11.2. The van der Waals surface area contributed by atoms with Gasteiger partial charge in [-0.05, 0) is 0 Å². The SMILES string of the molecule is O=c1cc(-c2ccccc2)nc(C2CSCCO2)[nH]1. The number of nitrogens with zero attached hydrogens (tertiary/aromatic N) is 1. The van der Waals surface area contributed by atoms with E-state index in [1.165, 1.54) is 6.07 Å². The molecule has 1 aliphatic heterocycles. The third-order valence-corrected chi connectivity index (χ3v) is 3.94. The summed E-state index contributed by atoms with van der Waals surface area (Å²) in [6.07, 6.45) is -0.116. The van der Waals surface area contributed by atoms with Crippen LogP contribution in [0, 0.1) is 0 Å². The van der Waals surface area contributed by atoms with Gasteiger partial charge < -0.3 is 9.72 Å². The molecule has 19 heavy (non-hydrogen) atoms. The molecular weight excluding hydrogens is 260 g/mol. The fourth-order valence-corrected chi connectivity index (χ4v) is 2.88. The van der Waals surface area contributed by atoms with E-state index in [2.05, 4.69) is 9.97 Å². The summed E-state index contributed by atoms with van der Waals surface area (Å²) in [5.74, 6) is 2.46. The van der Waals surface area contributed by atoms with E-state index < -0.39 is 0 Å². The van der Waals surface area contributed by atoms with E-state index in [-0.39, 0.29) is 11.7 Å². The maximum absolute atomic E-state index is 11.8. The number of hydrogen-bond donors (Lipinski definition) is 1. The van der Waals surface area contributed by atoms with Gasteiger partial charge in [-0.2, -0.15) is 11.8 Å². The van der Waals surface area contributed by atoms with Crippen molar-refractivity contribution in [2.45, 2.75) is 6.10 Å². The normalized spacial score (nSPS) is 19.3. The van der Waals surface area contributed by atoms with Crippen LogP contribution in [0.25, 0.3) is 11.3 Å². The van der Waals surface area contributed by atoms with Crippen molar-refractivity contribution in [1.29, 1.82) is 0 Å². The van der Waals surface area contributed by atoms with Gasteiger partial charge in [0, 0.05) is 23.1 Å². The molecular formula is C14H14N2O2S. The van der Waals surface area contributed by atoms with Gasteiger partial charge in [-0.1, -0.05) is 30.3 Å². The minimum Gasteiger partial charge on any atom is -0.369 e. The van der Waals surface area contributed by atoms with Crippen LogP contribution in [0.5, 0.6) is 0 Å². The van der Waals surface area contributed by atoms with Gasteiger partial charge >= 0.3 is 0 Å². The smallest absolute Gasteiger partial charge is 0.251 e.